The molecule has 0 saturated carbocycles. The van der Waals surface area contributed by atoms with Crippen LogP contribution in [0.2, 0.25) is 0 Å². The number of hydrogen-bond acceptors (Lipinski definition) is 6. The van der Waals surface area contributed by atoms with Gasteiger partial charge in [-0.2, -0.15) is 4.31 Å². The van der Waals surface area contributed by atoms with Gasteiger partial charge in [-0.1, -0.05) is 0 Å². The van der Waals surface area contributed by atoms with E-state index in [1.165, 1.54) is 36.7 Å². The van der Waals surface area contributed by atoms with E-state index in [4.69, 9.17) is 14.6 Å². The smallest absolute Gasteiger partial charge is 0.303 e. The maximum absolute atomic E-state index is 13.0. The van der Waals surface area contributed by atoms with E-state index in [0.717, 1.165) is 0 Å². The molecule has 1 aliphatic heterocycles. The van der Waals surface area contributed by atoms with Crippen LogP contribution in [0.4, 0.5) is 0 Å². The lowest BCUT2D eigenvalue weighted by atomic mass is 10.2. The van der Waals surface area contributed by atoms with Crippen LogP contribution in [0.15, 0.2) is 23.1 Å². The molecular formula is C17H24N2O7S. The Morgan fingerprint density at radius 1 is 1.26 bits per heavy atom. The van der Waals surface area contributed by atoms with Gasteiger partial charge in [0.25, 0.3) is 0 Å². The quantitative estimate of drug-likeness (QED) is 0.589. The van der Waals surface area contributed by atoms with Crippen molar-refractivity contribution in [3.8, 4) is 11.5 Å². The Kier molecular flexibility index (Phi) is 7.03. The first-order valence-electron chi connectivity index (χ1n) is 8.54. The van der Waals surface area contributed by atoms with E-state index in [1.807, 2.05) is 0 Å². The third kappa shape index (κ3) is 4.89. The number of aliphatic carboxylic acids is 1. The second-order valence-electron chi connectivity index (χ2n) is 6.08. The molecule has 1 atom stereocenters. The molecule has 2 rings (SSSR count). The largest absolute Gasteiger partial charge is 0.493 e. The molecule has 27 heavy (non-hydrogen) atoms. The fourth-order valence-electron chi connectivity index (χ4n) is 2.97. The number of carbonyl (C=O) groups is 2. The normalized spacial score (nSPS) is 17.5. The van der Waals surface area contributed by atoms with Gasteiger partial charge >= 0.3 is 5.97 Å². The molecule has 150 valence electrons. The van der Waals surface area contributed by atoms with Crippen molar-refractivity contribution in [1.29, 1.82) is 0 Å². The van der Waals surface area contributed by atoms with E-state index >= 15 is 0 Å². The molecule has 2 N–H and O–H groups in total. The molecule has 1 aliphatic rings. The van der Waals surface area contributed by atoms with Gasteiger partial charge < -0.3 is 19.9 Å². The predicted octanol–water partition coefficient (Wildman–Crippen LogP) is 0.838. The van der Waals surface area contributed by atoms with Crippen LogP contribution in [-0.2, 0) is 19.6 Å². The number of carboxylic acid groups (broad SMARTS) is 1. The number of methoxy groups -OCH3 is 2. The summed E-state index contributed by atoms with van der Waals surface area (Å²) in [7, 11) is -1.02. The van der Waals surface area contributed by atoms with E-state index in [1.54, 1.807) is 0 Å². The number of nitrogens with zero attached hydrogens (tertiary/aromatic N) is 1. The molecule has 1 fully saturated rings. The van der Waals surface area contributed by atoms with E-state index in [-0.39, 0.29) is 36.6 Å². The van der Waals surface area contributed by atoms with Crippen molar-refractivity contribution in [2.24, 2.45) is 0 Å². The second-order valence-corrected chi connectivity index (χ2v) is 7.97. The van der Waals surface area contributed by atoms with Gasteiger partial charge in [-0.15, -0.1) is 0 Å². The first kappa shape index (κ1) is 21.0. The number of amides is 1. The minimum absolute atomic E-state index is 0.0192. The van der Waals surface area contributed by atoms with Gasteiger partial charge in [-0.25, -0.2) is 8.42 Å². The van der Waals surface area contributed by atoms with Crippen molar-refractivity contribution in [1.82, 2.24) is 9.62 Å². The Morgan fingerprint density at radius 3 is 2.59 bits per heavy atom. The molecule has 1 aromatic carbocycles. The summed E-state index contributed by atoms with van der Waals surface area (Å²) in [4.78, 5) is 22.9. The summed E-state index contributed by atoms with van der Waals surface area (Å²) in [5, 5.41) is 11.2. The number of carboxylic acids is 1. The molecule has 0 aliphatic carbocycles. The molecule has 10 heteroatoms. The van der Waals surface area contributed by atoms with Crippen LogP contribution in [0.1, 0.15) is 25.7 Å². The monoisotopic (exact) mass is 400 g/mol. The van der Waals surface area contributed by atoms with Gasteiger partial charge in [0.1, 0.15) is 6.04 Å². The van der Waals surface area contributed by atoms with Gasteiger partial charge in [0.15, 0.2) is 11.5 Å². The highest BCUT2D eigenvalue weighted by molar-refractivity contribution is 7.89. The molecule has 0 spiro atoms. The topological polar surface area (TPSA) is 122 Å². The van der Waals surface area contributed by atoms with Crippen LogP contribution < -0.4 is 14.8 Å². The number of nitrogens with one attached hydrogen (secondary N) is 1. The highest BCUT2D eigenvalue weighted by Gasteiger charge is 2.39. The van der Waals surface area contributed by atoms with Gasteiger partial charge in [0, 0.05) is 25.6 Å². The number of rotatable bonds is 9. The molecule has 1 amide bonds. The average Bonchev–Trinajstić information content (AvgIpc) is 3.15. The Balaban J connectivity index is 2.14. The van der Waals surface area contributed by atoms with E-state index in [9.17, 15) is 18.0 Å². The number of hydrogen-bond donors (Lipinski definition) is 2. The zero-order valence-corrected chi connectivity index (χ0v) is 16.1. The van der Waals surface area contributed by atoms with Crippen LogP contribution in [-0.4, -0.2) is 63.1 Å². The zero-order valence-electron chi connectivity index (χ0n) is 15.3. The highest BCUT2D eigenvalue weighted by Crippen LogP contribution is 2.33. The van der Waals surface area contributed by atoms with E-state index in [0.29, 0.717) is 18.6 Å². The summed E-state index contributed by atoms with van der Waals surface area (Å²) in [5.41, 5.74) is 0. The molecule has 1 aromatic rings. The van der Waals surface area contributed by atoms with Crippen LogP contribution in [0.3, 0.4) is 0 Å². The van der Waals surface area contributed by atoms with Gasteiger partial charge in [0.2, 0.25) is 15.9 Å². The lowest BCUT2D eigenvalue weighted by Crippen LogP contribution is -2.46. The fourth-order valence-corrected chi connectivity index (χ4v) is 4.64. The Bertz CT molecular complexity index is 794. The first-order valence-corrected chi connectivity index (χ1v) is 9.98. The summed E-state index contributed by atoms with van der Waals surface area (Å²) in [6, 6.07) is 3.47. The van der Waals surface area contributed by atoms with Gasteiger partial charge in [0.05, 0.1) is 19.1 Å². The molecule has 1 saturated heterocycles. The lowest BCUT2D eigenvalue weighted by molar-refractivity contribution is -0.137. The molecule has 0 aromatic heterocycles. The van der Waals surface area contributed by atoms with Crippen molar-refractivity contribution < 1.29 is 32.6 Å². The average molecular weight is 400 g/mol. The minimum Gasteiger partial charge on any atom is -0.493 e. The summed E-state index contributed by atoms with van der Waals surface area (Å²) < 4.78 is 37.5. The third-order valence-electron chi connectivity index (χ3n) is 4.33. The maximum Gasteiger partial charge on any atom is 0.303 e. The molecular weight excluding hydrogens is 376 g/mol. The Hall–Kier alpha value is -2.33. The minimum atomic E-state index is -3.89. The maximum atomic E-state index is 13.0. The van der Waals surface area contributed by atoms with Crippen molar-refractivity contribution in [2.45, 2.75) is 36.6 Å². The summed E-state index contributed by atoms with van der Waals surface area (Å²) in [6.07, 6.45) is 1.21. The fraction of sp³-hybridized carbons (Fsp3) is 0.529. The van der Waals surface area contributed by atoms with Crippen molar-refractivity contribution >= 4 is 21.9 Å². The van der Waals surface area contributed by atoms with E-state index in [2.05, 4.69) is 5.32 Å². The number of sulfonamides is 1. The zero-order chi connectivity index (χ0) is 20.0. The number of ether oxygens (including phenoxy) is 2. The third-order valence-corrected chi connectivity index (χ3v) is 6.24. The first-order chi connectivity index (χ1) is 12.8. The van der Waals surface area contributed by atoms with Gasteiger partial charge in [-0.05, 0) is 31.4 Å². The SMILES string of the molecule is COc1ccc(S(=O)(=O)N2CCCC2C(=O)NCCCC(=O)O)cc1OC. The van der Waals surface area contributed by atoms with Crippen LogP contribution in [0.25, 0.3) is 0 Å². The number of carbonyl (C=O) groups excluding carboxylic acids is 1. The molecule has 0 bridgehead atoms. The van der Waals surface area contributed by atoms with E-state index < -0.39 is 27.9 Å². The molecule has 0 radical (unpaired) electrons. The Morgan fingerprint density at radius 2 is 1.96 bits per heavy atom. The second kappa shape index (κ2) is 9.05. The summed E-state index contributed by atoms with van der Waals surface area (Å²) in [5.74, 6) is -0.664. The highest BCUT2D eigenvalue weighted by atomic mass is 32.2. The lowest BCUT2D eigenvalue weighted by Gasteiger charge is -2.23. The van der Waals surface area contributed by atoms with Crippen LogP contribution in [0.5, 0.6) is 11.5 Å². The predicted molar refractivity (Wildman–Crippen MR) is 96.3 cm³/mol. The van der Waals surface area contributed by atoms with Crippen molar-refractivity contribution in [2.75, 3.05) is 27.3 Å². The molecule has 9 nitrogen and oxygen atoms in total. The van der Waals surface area contributed by atoms with Crippen molar-refractivity contribution in [3.05, 3.63) is 18.2 Å². The molecule has 1 unspecified atom stereocenters. The van der Waals surface area contributed by atoms with Crippen LogP contribution >= 0.6 is 0 Å². The summed E-state index contributed by atoms with van der Waals surface area (Å²) in [6.45, 7) is 0.426. The number of benzene rings is 1. The Labute approximate surface area is 158 Å². The van der Waals surface area contributed by atoms with Crippen molar-refractivity contribution in [3.63, 3.8) is 0 Å². The standard InChI is InChI=1S/C17H24N2O7S/c1-25-14-8-7-12(11-15(14)26-2)27(23,24)19-10-4-5-13(19)17(22)18-9-3-6-16(20)21/h7-8,11,13H,3-6,9-10H2,1-2H3,(H,18,22)(H,20,21). The molecule has 1 heterocycles. The van der Waals surface area contributed by atoms with Gasteiger partial charge in [-0.3, -0.25) is 9.59 Å². The summed E-state index contributed by atoms with van der Waals surface area (Å²) >= 11 is 0. The van der Waals surface area contributed by atoms with Crippen LogP contribution in [0, 0.1) is 0 Å².